The van der Waals surface area contributed by atoms with E-state index in [1.165, 1.54) is 43.4 Å². The predicted molar refractivity (Wildman–Crippen MR) is 178 cm³/mol. The van der Waals surface area contributed by atoms with Gasteiger partial charge in [-0.1, -0.05) is 46.8 Å². The van der Waals surface area contributed by atoms with Gasteiger partial charge in [-0.15, -0.1) is 11.8 Å². The zero-order chi connectivity index (χ0) is 34.7. The van der Waals surface area contributed by atoms with Crippen molar-refractivity contribution in [3.63, 3.8) is 0 Å². The smallest absolute Gasteiger partial charge is 0.326 e. The Morgan fingerprint density at radius 3 is 2.22 bits per heavy atom. The Kier molecular flexibility index (Phi) is 18.6. The fourth-order valence-corrected chi connectivity index (χ4v) is 6.30. The molecule has 0 radical (unpaired) electrons. The van der Waals surface area contributed by atoms with Crippen LogP contribution in [0.1, 0.15) is 46.6 Å². The summed E-state index contributed by atoms with van der Waals surface area (Å²) in [5.41, 5.74) is 0.689. The molecule has 1 aromatic heterocycles. The Morgan fingerprint density at radius 1 is 1.11 bits per heavy atom. The number of sulfonamides is 1. The van der Waals surface area contributed by atoms with Crippen LogP contribution in [0.15, 0.2) is 53.7 Å². The maximum absolute atomic E-state index is 13.0. The Balaban J connectivity index is 0.000000629. The van der Waals surface area contributed by atoms with Gasteiger partial charge in [-0.05, 0) is 29.8 Å². The molecule has 13 nitrogen and oxygen atoms in total. The minimum absolute atomic E-state index is 0.0369. The molecule has 46 heavy (non-hydrogen) atoms. The largest absolute Gasteiger partial charge is 0.497 e. The number of nitrogens with zero attached hydrogens (tertiary/aromatic N) is 4. The number of methoxy groups -OCH3 is 1. The molecule has 1 unspecified atom stereocenters. The third kappa shape index (κ3) is 13.7. The number of carboxylic acids is 1. The fraction of sp³-hybridized carbons (Fsp3) is 0.516. The summed E-state index contributed by atoms with van der Waals surface area (Å²) >= 11 is 1.35. The van der Waals surface area contributed by atoms with E-state index >= 15 is 0 Å². The third-order valence-corrected chi connectivity index (χ3v) is 9.56. The summed E-state index contributed by atoms with van der Waals surface area (Å²) in [5, 5.41) is 12.1. The van der Waals surface area contributed by atoms with Gasteiger partial charge in [-0.25, -0.2) is 13.2 Å². The maximum atomic E-state index is 13.0. The molecule has 3 amide bonds. The van der Waals surface area contributed by atoms with Crippen molar-refractivity contribution in [3.05, 3.63) is 54.4 Å². The molecule has 1 aliphatic heterocycles. The van der Waals surface area contributed by atoms with Crippen LogP contribution in [0.5, 0.6) is 5.75 Å². The van der Waals surface area contributed by atoms with E-state index in [-0.39, 0.29) is 28.4 Å². The van der Waals surface area contributed by atoms with Crippen molar-refractivity contribution in [2.24, 2.45) is 0 Å². The van der Waals surface area contributed by atoms with Crippen molar-refractivity contribution in [1.82, 2.24) is 24.4 Å². The second-order valence-electron chi connectivity index (χ2n) is 10.0. The number of benzene rings is 1. The predicted octanol–water partition coefficient (Wildman–Crippen LogP) is 2.72. The van der Waals surface area contributed by atoms with Crippen LogP contribution >= 0.6 is 11.8 Å². The molecule has 1 aromatic carbocycles. The van der Waals surface area contributed by atoms with Crippen molar-refractivity contribution in [3.8, 4) is 5.75 Å². The Hall–Kier alpha value is -3.69. The monoisotopic (exact) mass is 681 g/mol. The van der Waals surface area contributed by atoms with Gasteiger partial charge in [-0.2, -0.15) is 4.31 Å². The lowest BCUT2D eigenvalue weighted by atomic mass is 10.1. The number of nitrogens with one attached hydrogen (secondary N) is 1. The highest BCUT2D eigenvalue weighted by Gasteiger charge is 2.29. The number of rotatable bonds is 14. The summed E-state index contributed by atoms with van der Waals surface area (Å²) in [6.07, 6.45) is 4.11. The minimum atomic E-state index is -3.99. The number of carboxylic acid groups (broad SMARTS) is 1. The molecule has 2 heterocycles. The van der Waals surface area contributed by atoms with Gasteiger partial charge in [0, 0.05) is 56.7 Å². The average Bonchev–Trinajstić information content (AvgIpc) is 3.07. The van der Waals surface area contributed by atoms with Gasteiger partial charge in [-0.3, -0.25) is 19.4 Å². The van der Waals surface area contributed by atoms with E-state index in [0.29, 0.717) is 43.9 Å². The average molecular weight is 682 g/mol. The lowest BCUT2D eigenvalue weighted by molar-refractivity contribution is -0.141. The molecule has 1 atom stereocenters. The topological polar surface area (TPSA) is 167 Å². The number of thioether (sulfide) groups is 1. The molecular weight excluding hydrogens is 635 g/mol. The van der Waals surface area contributed by atoms with Gasteiger partial charge in [0.1, 0.15) is 16.7 Å². The van der Waals surface area contributed by atoms with Crippen LogP contribution in [-0.2, 0) is 35.6 Å². The van der Waals surface area contributed by atoms with Crippen LogP contribution in [0.25, 0.3) is 0 Å². The van der Waals surface area contributed by atoms with Gasteiger partial charge >= 0.3 is 5.97 Å². The molecule has 0 bridgehead atoms. The lowest BCUT2D eigenvalue weighted by Gasteiger charge is -2.32. The molecular formula is C31H47N5O8S2. The molecule has 2 aromatic rings. The molecule has 15 heteroatoms. The fourth-order valence-electron chi connectivity index (χ4n) is 3.98. The number of ether oxygens (including phenoxy) is 1. The molecule has 1 saturated heterocycles. The zero-order valence-corrected chi connectivity index (χ0v) is 29.1. The first-order valence-electron chi connectivity index (χ1n) is 15.0. The highest BCUT2D eigenvalue weighted by Crippen LogP contribution is 2.20. The summed E-state index contributed by atoms with van der Waals surface area (Å²) in [6, 6.07) is 8.49. The Morgan fingerprint density at radius 2 is 1.74 bits per heavy atom. The normalized spacial score (nSPS) is 13.5. The molecule has 2 N–H and O–H groups in total. The Labute approximate surface area is 276 Å². The van der Waals surface area contributed by atoms with Crippen LogP contribution in [0.3, 0.4) is 0 Å². The highest BCUT2D eigenvalue weighted by molar-refractivity contribution is 8.00. The van der Waals surface area contributed by atoms with E-state index in [0.717, 1.165) is 10.7 Å². The quantitative estimate of drug-likeness (QED) is 0.224. The number of hydrogen-bond acceptors (Lipinski definition) is 9. The van der Waals surface area contributed by atoms with Crippen LogP contribution < -0.4 is 10.1 Å². The molecule has 1 aliphatic rings. The van der Waals surface area contributed by atoms with E-state index < -0.39 is 34.5 Å². The number of pyridine rings is 1. The molecule has 0 saturated carbocycles. The summed E-state index contributed by atoms with van der Waals surface area (Å²) in [7, 11) is -2.46. The maximum Gasteiger partial charge on any atom is 0.326 e. The number of amides is 3. The standard InChI is InChI=1S/C21H27N3O6S2.C8H14N2O2.C2H6/c1-15(2)31-14-24(32(28,29)18-5-4-10-22-12-18)13-20(25)23-19(21(26)27)11-16-6-8-17(30-3)9-7-16;1-2-8(12)10-5-3-9(7-11)4-6-10;1-2/h4-10,12,15,19H,11,13-14H2,1-3H3,(H,23,25)(H,26,27);7H,2-6H2,1H3;1-2H3. The van der Waals surface area contributed by atoms with Crippen LogP contribution in [0.4, 0.5) is 0 Å². The summed E-state index contributed by atoms with van der Waals surface area (Å²) in [5.74, 6) is -1.07. The SMILES string of the molecule is CC.CCC(=O)N1CCN(C=O)CC1.COc1ccc(CC(NC(=O)CN(CSC(C)C)S(=O)(=O)c2cccnc2)C(=O)O)cc1. The van der Waals surface area contributed by atoms with E-state index in [2.05, 4.69) is 10.3 Å². The number of hydrogen-bond donors (Lipinski definition) is 2. The molecule has 3 rings (SSSR count). The second kappa shape index (κ2) is 21.2. The van der Waals surface area contributed by atoms with E-state index in [1.807, 2.05) is 34.6 Å². The number of piperazine rings is 1. The number of aromatic nitrogens is 1. The summed E-state index contributed by atoms with van der Waals surface area (Å²) in [6.45, 7) is 11.9. The second-order valence-corrected chi connectivity index (χ2v) is 13.5. The molecule has 1 fully saturated rings. The number of aliphatic carboxylic acids is 1. The minimum Gasteiger partial charge on any atom is -0.497 e. The van der Waals surface area contributed by atoms with Gasteiger partial charge < -0.3 is 25.0 Å². The number of carbonyl (C=O) groups excluding carboxylic acids is 3. The van der Waals surface area contributed by atoms with E-state index in [1.54, 1.807) is 34.1 Å². The van der Waals surface area contributed by atoms with Crippen LogP contribution in [0, 0.1) is 0 Å². The van der Waals surface area contributed by atoms with Crippen LogP contribution in [0.2, 0.25) is 0 Å². The summed E-state index contributed by atoms with van der Waals surface area (Å²) < 4.78 is 32.1. The van der Waals surface area contributed by atoms with Crippen molar-refractivity contribution in [2.45, 2.75) is 63.6 Å². The summed E-state index contributed by atoms with van der Waals surface area (Å²) in [4.78, 5) is 53.2. The molecule has 256 valence electrons. The lowest BCUT2D eigenvalue weighted by Crippen LogP contribution is -2.47. The van der Waals surface area contributed by atoms with E-state index in [4.69, 9.17) is 4.74 Å². The molecule has 0 spiro atoms. The number of carbonyl (C=O) groups is 4. The van der Waals surface area contributed by atoms with Gasteiger partial charge in [0.2, 0.25) is 28.2 Å². The van der Waals surface area contributed by atoms with Crippen LogP contribution in [-0.4, -0.2) is 114 Å². The van der Waals surface area contributed by atoms with Gasteiger partial charge in [0.05, 0.1) is 19.5 Å². The third-order valence-electron chi connectivity index (χ3n) is 6.49. The van der Waals surface area contributed by atoms with Gasteiger partial charge in [0.15, 0.2) is 0 Å². The first-order valence-corrected chi connectivity index (χ1v) is 17.5. The van der Waals surface area contributed by atoms with E-state index in [9.17, 15) is 32.7 Å². The first-order chi connectivity index (χ1) is 21.9. The molecule has 0 aliphatic carbocycles. The van der Waals surface area contributed by atoms with Crippen molar-refractivity contribution < 1.29 is 37.4 Å². The van der Waals surface area contributed by atoms with Crippen molar-refractivity contribution >= 4 is 46.0 Å². The Bertz CT molecular complexity index is 1320. The first kappa shape index (κ1) is 40.3. The highest BCUT2D eigenvalue weighted by atomic mass is 32.2. The van der Waals surface area contributed by atoms with Gasteiger partial charge in [0.25, 0.3) is 0 Å². The zero-order valence-electron chi connectivity index (χ0n) is 27.4. The van der Waals surface area contributed by atoms with Crippen molar-refractivity contribution in [1.29, 1.82) is 0 Å². The van der Waals surface area contributed by atoms with Crippen molar-refractivity contribution in [2.75, 3.05) is 45.7 Å².